The lowest BCUT2D eigenvalue weighted by Gasteiger charge is -2.03. The fourth-order valence-corrected chi connectivity index (χ4v) is 1.72. The summed E-state index contributed by atoms with van der Waals surface area (Å²) >= 11 is 0. The first kappa shape index (κ1) is 10.6. The largest absolute Gasteiger partial charge is 0.330 e. The maximum absolute atomic E-state index is 11.7. The van der Waals surface area contributed by atoms with Gasteiger partial charge in [-0.15, -0.1) is 0 Å². The Hall–Kier alpha value is -1.89. The van der Waals surface area contributed by atoms with Crippen molar-refractivity contribution in [2.45, 2.75) is 20.0 Å². The molecule has 7 heteroatoms. The Labute approximate surface area is 90.5 Å². The summed E-state index contributed by atoms with van der Waals surface area (Å²) in [5, 5.41) is 0. The van der Waals surface area contributed by atoms with Crippen LogP contribution in [0.4, 0.5) is 0 Å². The van der Waals surface area contributed by atoms with E-state index >= 15 is 0 Å². The molecule has 0 spiro atoms. The number of nitrogens with one attached hydrogen (secondary N) is 1. The van der Waals surface area contributed by atoms with E-state index in [1.165, 1.54) is 10.9 Å². The van der Waals surface area contributed by atoms with Crippen LogP contribution in [0.15, 0.2) is 15.9 Å². The highest BCUT2D eigenvalue weighted by Crippen LogP contribution is 2.04. The summed E-state index contributed by atoms with van der Waals surface area (Å²) in [7, 11) is 0. The van der Waals surface area contributed by atoms with Crippen LogP contribution >= 0.6 is 0 Å². The van der Waals surface area contributed by atoms with E-state index in [2.05, 4.69) is 9.97 Å². The number of nitrogens with zero attached hydrogens (tertiary/aromatic N) is 3. The molecular weight excluding hydrogens is 210 g/mol. The van der Waals surface area contributed by atoms with Gasteiger partial charge in [0.25, 0.3) is 5.56 Å². The fraction of sp³-hybridized carbons (Fsp3) is 0.444. The van der Waals surface area contributed by atoms with Crippen LogP contribution in [-0.4, -0.2) is 25.6 Å². The van der Waals surface area contributed by atoms with Crippen LogP contribution in [0, 0.1) is 0 Å². The number of aromatic amines is 1. The molecule has 0 amide bonds. The molecule has 0 fully saturated rings. The van der Waals surface area contributed by atoms with Gasteiger partial charge in [0, 0.05) is 19.6 Å². The second kappa shape index (κ2) is 3.93. The summed E-state index contributed by atoms with van der Waals surface area (Å²) in [5.41, 5.74) is 5.38. The smallest absolute Gasteiger partial charge is 0.329 e. The Morgan fingerprint density at radius 3 is 2.88 bits per heavy atom. The van der Waals surface area contributed by atoms with Crippen molar-refractivity contribution >= 4 is 11.2 Å². The van der Waals surface area contributed by atoms with Crippen molar-refractivity contribution in [2.75, 3.05) is 6.54 Å². The molecule has 0 radical (unpaired) electrons. The first-order valence-electron chi connectivity index (χ1n) is 5.07. The summed E-state index contributed by atoms with van der Waals surface area (Å²) in [6.45, 7) is 3.20. The molecule has 2 aromatic heterocycles. The van der Waals surface area contributed by atoms with E-state index in [0.717, 1.165) is 0 Å². The molecule has 0 aliphatic heterocycles. The highest BCUT2D eigenvalue weighted by Gasteiger charge is 2.11. The van der Waals surface area contributed by atoms with E-state index < -0.39 is 11.2 Å². The Balaban J connectivity index is 2.85. The zero-order chi connectivity index (χ0) is 11.7. The van der Waals surface area contributed by atoms with Crippen LogP contribution in [0.5, 0.6) is 0 Å². The third kappa shape index (κ3) is 1.45. The summed E-state index contributed by atoms with van der Waals surface area (Å²) < 4.78 is 3.07. The summed E-state index contributed by atoms with van der Waals surface area (Å²) in [5.74, 6) is 0. The predicted molar refractivity (Wildman–Crippen MR) is 59.3 cm³/mol. The average molecular weight is 223 g/mol. The van der Waals surface area contributed by atoms with E-state index in [-0.39, 0.29) is 0 Å². The molecule has 2 rings (SSSR count). The predicted octanol–water partition coefficient (Wildman–Crippen LogP) is -1.14. The molecule has 0 bridgehead atoms. The molecule has 2 aromatic rings. The van der Waals surface area contributed by atoms with Gasteiger partial charge in [-0.2, -0.15) is 0 Å². The van der Waals surface area contributed by atoms with E-state index in [9.17, 15) is 9.59 Å². The lowest BCUT2D eigenvalue weighted by atomic mass is 10.5. The van der Waals surface area contributed by atoms with Gasteiger partial charge in [0.2, 0.25) is 0 Å². The van der Waals surface area contributed by atoms with Gasteiger partial charge in [0.15, 0.2) is 11.2 Å². The van der Waals surface area contributed by atoms with Crippen LogP contribution in [0.2, 0.25) is 0 Å². The molecule has 16 heavy (non-hydrogen) atoms. The van der Waals surface area contributed by atoms with Crippen molar-refractivity contribution in [2.24, 2.45) is 5.73 Å². The van der Waals surface area contributed by atoms with Gasteiger partial charge < -0.3 is 10.3 Å². The molecule has 2 heterocycles. The summed E-state index contributed by atoms with van der Waals surface area (Å²) in [6.07, 6.45) is 1.53. The minimum atomic E-state index is -0.432. The normalized spacial score (nSPS) is 11.1. The number of aryl methyl sites for hydroxylation is 1. The van der Waals surface area contributed by atoms with Gasteiger partial charge in [-0.1, -0.05) is 0 Å². The SMILES string of the molecule is CCn1c(=O)[nH]c(=O)c2c1ncn2CCN. The standard InChI is InChI=1S/C9H13N5O2/c1-2-14-7-6(8(15)12-9(14)16)13(4-3-10)5-11-7/h5H,2-4,10H2,1H3,(H,12,15,16). The van der Waals surface area contributed by atoms with Crippen LogP contribution in [-0.2, 0) is 13.1 Å². The second-order valence-corrected chi connectivity index (χ2v) is 3.40. The van der Waals surface area contributed by atoms with Gasteiger partial charge in [0.1, 0.15) is 0 Å². The Morgan fingerprint density at radius 1 is 1.50 bits per heavy atom. The number of imidazole rings is 1. The minimum absolute atomic E-state index is 0.395. The molecule has 0 saturated carbocycles. The quantitative estimate of drug-likeness (QED) is 0.687. The van der Waals surface area contributed by atoms with Crippen molar-refractivity contribution in [1.29, 1.82) is 0 Å². The van der Waals surface area contributed by atoms with E-state index in [1.54, 1.807) is 4.57 Å². The van der Waals surface area contributed by atoms with Crippen molar-refractivity contribution in [3.8, 4) is 0 Å². The molecule has 0 aromatic carbocycles. The molecule has 7 nitrogen and oxygen atoms in total. The molecule has 0 atom stereocenters. The van der Waals surface area contributed by atoms with Crippen molar-refractivity contribution in [3.63, 3.8) is 0 Å². The highest BCUT2D eigenvalue weighted by atomic mass is 16.2. The topological polar surface area (TPSA) is 98.7 Å². The van der Waals surface area contributed by atoms with Gasteiger partial charge in [-0.3, -0.25) is 14.3 Å². The molecule has 0 unspecified atom stereocenters. The van der Waals surface area contributed by atoms with Gasteiger partial charge in [-0.05, 0) is 6.92 Å². The van der Waals surface area contributed by atoms with Gasteiger partial charge in [0.05, 0.1) is 6.33 Å². The number of rotatable bonds is 3. The number of H-pyrrole nitrogens is 1. The van der Waals surface area contributed by atoms with Crippen molar-refractivity contribution < 1.29 is 0 Å². The fourth-order valence-electron chi connectivity index (χ4n) is 1.72. The highest BCUT2D eigenvalue weighted by molar-refractivity contribution is 5.69. The Morgan fingerprint density at radius 2 is 2.25 bits per heavy atom. The first-order valence-corrected chi connectivity index (χ1v) is 5.07. The van der Waals surface area contributed by atoms with Gasteiger partial charge >= 0.3 is 5.69 Å². The van der Waals surface area contributed by atoms with Gasteiger partial charge in [-0.25, -0.2) is 9.78 Å². The summed E-state index contributed by atoms with van der Waals surface area (Å²) in [6, 6.07) is 0. The summed E-state index contributed by atoms with van der Waals surface area (Å²) in [4.78, 5) is 29.5. The Bertz CT molecular complexity index is 621. The first-order chi connectivity index (χ1) is 7.69. The minimum Gasteiger partial charge on any atom is -0.329 e. The maximum Gasteiger partial charge on any atom is 0.330 e. The lowest BCUT2D eigenvalue weighted by molar-refractivity contribution is 0.708. The third-order valence-electron chi connectivity index (χ3n) is 2.44. The molecule has 0 saturated heterocycles. The second-order valence-electron chi connectivity index (χ2n) is 3.40. The van der Waals surface area contributed by atoms with Crippen molar-refractivity contribution in [1.82, 2.24) is 19.1 Å². The third-order valence-corrected chi connectivity index (χ3v) is 2.44. The zero-order valence-corrected chi connectivity index (χ0v) is 8.93. The van der Waals surface area contributed by atoms with Crippen LogP contribution in [0.25, 0.3) is 11.2 Å². The lowest BCUT2D eigenvalue weighted by Crippen LogP contribution is -2.30. The molecule has 0 aliphatic carbocycles. The van der Waals surface area contributed by atoms with E-state index in [1.807, 2.05) is 6.92 Å². The number of nitrogens with two attached hydrogens (primary N) is 1. The van der Waals surface area contributed by atoms with E-state index in [4.69, 9.17) is 5.73 Å². The van der Waals surface area contributed by atoms with Crippen LogP contribution in [0.1, 0.15) is 6.92 Å². The zero-order valence-electron chi connectivity index (χ0n) is 8.93. The average Bonchev–Trinajstić information content (AvgIpc) is 2.63. The van der Waals surface area contributed by atoms with Crippen LogP contribution < -0.4 is 17.0 Å². The number of hydrogen-bond acceptors (Lipinski definition) is 4. The van der Waals surface area contributed by atoms with Crippen molar-refractivity contribution in [3.05, 3.63) is 27.2 Å². The maximum atomic E-state index is 11.7. The number of hydrogen-bond donors (Lipinski definition) is 2. The molecule has 3 N–H and O–H groups in total. The van der Waals surface area contributed by atoms with E-state index in [0.29, 0.717) is 30.8 Å². The Kier molecular flexibility index (Phi) is 2.61. The number of fused-ring (bicyclic) bond motifs is 1. The molecular formula is C9H13N5O2. The molecule has 0 aliphatic rings. The monoisotopic (exact) mass is 223 g/mol. The molecule has 86 valence electrons. The van der Waals surface area contributed by atoms with Crippen LogP contribution in [0.3, 0.4) is 0 Å². The number of aromatic nitrogens is 4.